The molecule has 1 unspecified atom stereocenters. The summed E-state index contributed by atoms with van der Waals surface area (Å²) < 4.78 is 0. The van der Waals surface area contributed by atoms with Crippen molar-refractivity contribution in [2.24, 2.45) is 0 Å². The average molecular weight is 290 g/mol. The van der Waals surface area contributed by atoms with E-state index in [2.05, 4.69) is 16.4 Å². The number of nitriles is 1. The van der Waals surface area contributed by atoms with Crippen molar-refractivity contribution in [2.45, 2.75) is 5.92 Å². The standard InChI is InChI=1S/C14H9Cl2N3/c15-9-1-2-10(12(16)5-9)11-3-4-18-14-13(11)8(6-17)7-19-14/h1-5,8H,7H2,(H,18,19). The van der Waals surface area contributed by atoms with Crippen LogP contribution in [0.25, 0.3) is 11.1 Å². The summed E-state index contributed by atoms with van der Waals surface area (Å²) in [6.45, 7) is 0.584. The molecule has 1 N–H and O–H groups in total. The zero-order chi connectivity index (χ0) is 13.4. The summed E-state index contributed by atoms with van der Waals surface area (Å²) in [4.78, 5) is 4.26. The van der Waals surface area contributed by atoms with Gasteiger partial charge in [-0.05, 0) is 23.8 Å². The number of anilines is 1. The quantitative estimate of drug-likeness (QED) is 0.860. The molecule has 1 aromatic heterocycles. The minimum absolute atomic E-state index is 0.203. The maximum absolute atomic E-state index is 9.23. The molecule has 1 atom stereocenters. The fourth-order valence-electron chi connectivity index (χ4n) is 2.32. The van der Waals surface area contributed by atoms with Crippen molar-refractivity contribution in [3.63, 3.8) is 0 Å². The number of fused-ring (bicyclic) bond motifs is 1. The number of benzene rings is 1. The Hall–Kier alpha value is -1.76. The van der Waals surface area contributed by atoms with Crippen LogP contribution in [-0.4, -0.2) is 11.5 Å². The van der Waals surface area contributed by atoms with Gasteiger partial charge in [0, 0.05) is 33.9 Å². The lowest BCUT2D eigenvalue weighted by Gasteiger charge is -2.11. The molecule has 2 heterocycles. The highest BCUT2D eigenvalue weighted by Gasteiger charge is 2.27. The lowest BCUT2D eigenvalue weighted by atomic mass is 9.94. The van der Waals surface area contributed by atoms with E-state index in [9.17, 15) is 5.26 Å². The first-order chi connectivity index (χ1) is 9.20. The molecule has 94 valence electrons. The number of pyridine rings is 1. The van der Waals surface area contributed by atoms with Gasteiger partial charge in [-0.25, -0.2) is 4.98 Å². The third kappa shape index (κ3) is 2.03. The first-order valence-corrected chi connectivity index (χ1v) is 6.54. The number of hydrogen-bond donors (Lipinski definition) is 1. The second-order valence-corrected chi connectivity index (χ2v) is 5.15. The van der Waals surface area contributed by atoms with Crippen LogP contribution in [-0.2, 0) is 0 Å². The smallest absolute Gasteiger partial charge is 0.131 e. The molecule has 0 saturated carbocycles. The average Bonchev–Trinajstić information content (AvgIpc) is 2.82. The van der Waals surface area contributed by atoms with E-state index in [1.165, 1.54) is 0 Å². The van der Waals surface area contributed by atoms with Gasteiger partial charge < -0.3 is 5.32 Å². The molecule has 3 nitrogen and oxygen atoms in total. The Morgan fingerprint density at radius 3 is 2.84 bits per heavy atom. The molecular formula is C14H9Cl2N3. The van der Waals surface area contributed by atoms with Crippen molar-refractivity contribution in [3.05, 3.63) is 46.1 Å². The van der Waals surface area contributed by atoms with Crippen molar-refractivity contribution in [1.82, 2.24) is 4.98 Å². The lowest BCUT2D eigenvalue weighted by Crippen LogP contribution is -1.99. The number of hydrogen-bond acceptors (Lipinski definition) is 3. The Morgan fingerprint density at radius 2 is 2.11 bits per heavy atom. The molecule has 2 aromatic rings. The van der Waals surface area contributed by atoms with E-state index in [1.54, 1.807) is 18.3 Å². The third-order valence-corrected chi connectivity index (χ3v) is 3.74. The maximum atomic E-state index is 9.23. The maximum Gasteiger partial charge on any atom is 0.131 e. The molecule has 0 radical (unpaired) electrons. The summed E-state index contributed by atoms with van der Waals surface area (Å²) >= 11 is 12.2. The fraction of sp³-hybridized carbons (Fsp3) is 0.143. The van der Waals surface area contributed by atoms with Crippen molar-refractivity contribution in [1.29, 1.82) is 5.26 Å². The van der Waals surface area contributed by atoms with Gasteiger partial charge in [-0.3, -0.25) is 0 Å². The highest BCUT2D eigenvalue weighted by atomic mass is 35.5. The molecule has 0 saturated heterocycles. The number of aromatic nitrogens is 1. The summed E-state index contributed by atoms with van der Waals surface area (Å²) in [5, 5.41) is 13.5. The second-order valence-electron chi connectivity index (χ2n) is 4.31. The van der Waals surface area contributed by atoms with Gasteiger partial charge in [-0.1, -0.05) is 29.3 Å². The molecule has 0 bridgehead atoms. The highest BCUT2D eigenvalue weighted by molar-refractivity contribution is 6.36. The number of nitrogens with zero attached hydrogens (tertiary/aromatic N) is 2. The minimum atomic E-state index is -0.203. The molecule has 0 spiro atoms. The van der Waals surface area contributed by atoms with Crippen molar-refractivity contribution in [3.8, 4) is 17.2 Å². The molecule has 1 aliphatic rings. The number of rotatable bonds is 1. The largest absolute Gasteiger partial charge is 0.368 e. The molecule has 3 rings (SSSR count). The van der Waals surface area contributed by atoms with E-state index in [0.717, 1.165) is 22.5 Å². The molecule has 19 heavy (non-hydrogen) atoms. The summed E-state index contributed by atoms with van der Waals surface area (Å²) in [5.74, 6) is 0.556. The number of nitrogens with one attached hydrogen (secondary N) is 1. The van der Waals surface area contributed by atoms with E-state index in [-0.39, 0.29) is 5.92 Å². The van der Waals surface area contributed by atoms with Gasteiger partial charge in [-0.15, -0.1) is 0 Å². The van der Waals surface area contributed by atoms with Crippen LogP contribution in [0.3, 0.4) is 0 Å². The molecule has 0 fully saturated rings. The third-order valence-electron chi connectivity index (χ3n) is 3.19. The van der Waals surface area contributed by atoms with Crippen molar-refractivity contribution in [2.75, 3.05) is 11.9 Å². The van der Waals surface area contributed by atoms with Gasteiger partial charge in [0.15, 0.2) is 0 Å². The van der Waals surface area contributed by atoms with E-state index in [1.807, 2.05) is 12.1 Å². The van der Waals surface area contributed by atoms with E-state index in [0.29, 0.717) is 16.6 Å². The highest BCUT2D eigenvalue weighted by Crippen LogP contribution is 2.40. The topological polar surface area (TPSA) is 48.7 Å². The Labute approximate surface area is 120 Å². The van der Waals surface area contributed by atoms with Gasteiger partial charge in [-0.2, -0.15) is 5.26 Å². The normalized spacial score (nSPS) is 16.6. The van der Waals surface area contributed by atoms with Crippen molar-refractivity contribution >= 4 is 29.0 Å². The first kappa shape index (κ1) is 12.3. The molecule has 0 amide bonds. The molecular weight excluding hydrogens is 281 g/mol. The predicted octanol–water partition coefficient (Wildman–Crippen LogP) is 4.09. The van der Waals surface area contributed by atoms with Gasteiger partial charge >= 0.3 is 0 Å². The van der Waals surface area contributed by atoms with Crippen LogP contribution >= 0.6 is 23.2 Å². The SMILES string of the molecule is N#CC1CNc2nccc(-c3ccc(Cl)cc3Cl)c21. The van der Waals surface area contributed by atoms with Crippen LogP contribution in [0.4, 0.5) is 5.82 Å². The van der Waals surface area contributed by atoms with Gasteiger partial charge in [0.05, 0.1) is 12.0 Å². The Balaban J connectivity index is 2.22. The fourth-order valence-corrected chi connectivity index (χ4v) is 2.83. The first-order valence-electron chi connectivity index (χ1n) is 5.78. The lowest BCUT2D eigenvalue weighted by molar-refractivity contribution is 0.964. The van der Waals surface area contributed by atoms with Crippen LogP contribution in [0.2, 0.25) is 10.0 Å². The number of halogens is 2. The summed E-state index contributed by atoms with van der Waals surface area (Å²) in [7, 11) is 0. The second kappa shape index (κ2) is 4.73. The molecule has 5 heteroatoms. The molecule has 1 aromatic carbocycles. The van der Waals surface area contributed by atoms with Gasteiger partial charge in [0.2, 0.25) is 0 Å². The van der Waals surface area contributed by atoms with Crippen molar-refractivity contribution < 1.29 is 0 Å². The van der Waals surface area contributed by atoms with Crippen LogP contribution in [0, 0.1) is 11.3 Å². The summed E-state index contributed by atoms with van der Waals surface area (Å²) in [5.41, 5.74) is 2.71. The van der Waals surface area contributed by atoms with Crippen LogP contribution in [0.15, 0.2) is 30.5 Å². The molecule has 1 aliphatic heterocycles. The van der Waals surface area contributed by atoms with E-state index >= 15 is 0 Å². The van der Waals surface area contributed by atoms with Crippen LogP contribution in [0.5, 0.6) is 0 Å². The Morgan fingerprint density at radius 1 is 1.26 bits per heavy atom. The minimum Gasteiger partial charge on any atom is -0.368 e. The summed E-state index contributed by atoms with van der Waals surface area (Å²) in [6.07, 6.45) is 1.71. The van der Waals surface area contributed by atoms with Crippen LogP contribution < -0.4 is 5.32 Å². The Kier molecular flexibility index (Phi) is 3.06. The van der Waals surface area contributed by atoms with Gasteiger partial charge in [0.25, 0.3) is 0 Å². The molecule has 0 aliphatic carbocycles. The monoisotopic (exact) mass is 289 g/mol. The Bertz CT molecular complexity index is 692. The van der Waals surface area contributed by atoms with Crippen LogP contribution in [0.1, 0.15) is 11.5 Å². The zero-order valence-electron chi connectivity index (χ0n) is 9.82. The van der Waals surface area contributed by atoms with E-state index in [4.69, 9.17) is 23.2 Å². The zero-order valence-corrected chi connectivity index (χ0v) is 11.3. The summed E-state index contributed by atoms with van der Waals surface area (Å²) in [6, 6.07) is 9.53. The predicted molar refractivity (Wildman–Crippen MR) is 76.5 cm³/mol. The van der Waals surface area contributed by atoms with Gasteiger partial charge in [0.1, 0.15) is 5.82 Å². The van der Waals surface area contributed by atoms with E-state index < -0.39 is 0 Å².